The van der Waals surface area contributed by atoms with Gasteiger partial charge in [0.1, 0.15) is 5.41 Å². The van der Waals surface area contributed by atoms with Crippen LogP contribution in [0.5, 0.6) is 0 Å². The van der Waals surface area contributed by atoms with Crippen LogP contribution in [-0.2, 0) is 21.4 Å². The summed E-state index contributed by atoms with van der Waals surface area (Å²) in [6.45, 7) is 2.70. The second-order valence-corrected chi connectivity index (χ2v) is 4.33. The zero-order chi connectivity index (χ0) is 11.6. The van der Waals surface area contributed by atoms with Crippen molar-refractivity contribution in [2.75, 3.05) is 13.2 Å². The molecule has 0 saturated carbocycles. The number of carbonyl (C=O) groups is 1. The Labute approximate surface area is 95.0 Å². The highest BCUT2D eigenvalue weighted by molar-refractivity contribution is 5.83. The zero-order valence-electron chi connectivity index (χ0n) is 9.40. The molecule has 0 amide bonds. The molecule has 1 N–H and O–H groups in total. The number of benzene rings is 1. The van der Waals surface area contributed by atoms with Crippen LogP contribution in [0.3, 0.4) is 0 Å². The highest BCUT2D eigenvalue weighted by Crippen LogP contribution is 2.33. The number of carboxylic acid groups (broad SMARTS) is 1. The van der Waals surface area contributed by atoms with E-state index in [9.17, 15) is 9.90 Å². The highest BCUT2D eigenvalue weighted by atomic mass is 16.5. The van der Waals surface area contributed by atoms with Crippen molar-refractivity contribution in [3.8, 4) is 0 Å². The molecule has 1 aromatic carbocycles. The van der Waals surface area contributed by atoms with E-state index in [2.05, 4.69) is 6.92 Å². The van der Waals surface area contributed by atoms with Crippen LogP contribution in [0, 0.1) is 0 Å². The summed E-state index contributed by atoms with van der Waals surface area (Å²) >= 11 is 0. The molecule has 0 atom stereocenters. The molecular weight excluding hydrogens is 204 g/mol. The smallest absolute Gasteiger partial charge is 0.318 e. The normalized spacial score (nSPS) is 17.8. The van der Waals surface area contributed by atoms with Crippen LogP contribution in [0.15, 0.2) is 24.3 Å². The van der Waals surface area contributed by atoms with E-state index in [4.69, 9.17) is 4.74 Å². The van der Waals surface area contributed by atoms with Gasteiger partial charge in [0.2, 0.25) is 0 Å². The van der Waals surface area contributed by atoms with Crippen LogP contribution in [-0.4, -0.2) is 24.3 Å². The van der Waals surface area contributed by atoms with Gasteiger partial charge < -0.3 is 9.84 Å². The molecule has 1 aliphatic rings. The van der Waals surface area contributed by atoms with E-state index in [1.165, 1.54) is 5.56 Å². The molecule has 86 valence electrons. The number of aryl methyl sites for hydroxylation is 1. The van der Waals surface area contributed by atoms with Gasteiger partial charge in [-0.2, -0.15) is 0 Å². The van der Waals surface area contributed by atoms with E-state index in [0.29, 0.717) is 0 Å². The Hall–Kier alpha value is -1.35. The molecule has 2 rings (SSSR count). The maximum Gasteiger partial charge on any atom is 0.318 e. The third-order valence-electron chi connectivity index (χ3n) is 3.12. The van der Waals surface area contributed by atoms with Gasteiger partial charge in [0.25, 0.3) is 0 Å². The lowest BCUT2D eigenvalue weighted by molar-refractivity contribution is -0.163. The largest absolute Gasteiger partial charge is 0.480 e. The Kier molecular flexibility index (Phi) is 2.97. The Morgan fingerprint density at radius 1 is 1.50 bits per heavy atom. The topological polar surface area (TPSA) is 46.5 Å². The minimum Gasteiger partial charge on any atom is -0.480 e. The summed E-state index contributed by atoms with van der Waals surface area (Å²) in [7, 11) is 0. The van der Waals surface area contributed by atoms with E-state index in [-0.39, 0.29) is 13.2 Å². The average molecular weight is 220 g/mol. The molecular formula is C13H16O3. The summed E-state index contributed by atoms with van der Waals surface area (Å²) < 4.78 is 5.07. The first-order valence-corrected chi connectivity index (χ1v) is 5.59. The second-order valence-electron chi connectivity index (χ2n) is 4.33. The van der Waals surface area contributed by atoms with Gasteiger partial charge in [-0.25, -0.2) is 0 Å². The molecule has 0 unspecified atom stereocenters. The predicted molar refractivity (Wildman–Crippen MR) is 60.6 cm³/mol. The molecule has 1 saturated heterocycles. The quantitative estimate of drug-likeness (QED) is 0.844. The minimum atomic E-state index is -0.802. The molecule has 1 aromatic rings. The molecule has 1 heterocycles. The predicted octanol–water partition coefficient (Wildman–Crippen LogP) is 1.99. The fraction of sp³-hybridized carbons (Fsp3) is 0.462. The maximum atomic E-state index is 11.3. The van der Waals surface area contributed by atoms with Crippen LogP contribution in [0.2, 0.25) is 0 Å². The lowest BCUT2D eigenvalue weighted by Crippen LogP contribution is -2.53. The summed E-state index contributed by atoms with van der Waals surface area (Å²) in [5, 5.41) is 9.28. The van der Waals surface area contributed by atoms with Gasteiger partial charge in [-0.3, -0.25) is 4.79 Å². The summed E-state index contributed by atoms with van der Waals surface area (Å²) in [5.74, 6) is -0.785. The fourth-order valence-electron chi connectivity index (χ4n) is 2.03. The first-order chi connectivity index (χ1) is 7.69. The van der Waals surface area contributed by atoms with Crippen molar-refractivity contribution in [1.29, 1.82) is 0 Å². The summed E-state index contributed by atoms with van der Waals surface area (Å²) in [6.07, 6.45) is 2.06. The number of hydrogen-bond donors (Lipinski definition) is 1. The van der Waals surface area contributed by atoms with E-state index < -0.39 is 11.4 Å². The van der Waals surface area contributed by atoms with Crippen LogP contribution in [0.25, 0.3) is 0 Å². The maximum absolute atomic E-state index is 11.3. The Bertz CT molecular complexity index is 394. The van der Waals surface area contributed by atoms with Crippen LogP contribution in [0.1, 0.15) is 24.5 Å². The Morgan fingerprint density at radius 3 is 2.75 bits per heavy atom. The van der Waals surface area contributed by atoms with E-state index >= 15 is 0 Å². The monoisotopic (exact) mass is 220 g/mol. The van der Waals surface area contributed by atoms with Gasteiger partial charge in [0.05, 0.1) is 13.2 Å². The second kappa shape index (κ2) is 4.26. The van der Waals surface area contributed by atoms with Gasteiger partial charge in [-0.15, -0.1) is 0 Å². The van der Waals surface area contributed by atoms with E-state index in [0.717, 1.165) is 18.4 Å². The third kappa shape index (κ3) is 1.71. The Balaban J connectivity index is 2.32. The fourth-order valence-corrected chi connectivity index (χ4v) is 2.03. The highest BCUT2D eigenvalue weighted by Gasteiger charge is 2.47. The molecule has 1 fully saturated rings. The van der Waals surface area contributed by atoms with Crippen molar-refractivity contribution in [1.82, 2.24) is 0 Å². The molecule has 0 radical (unpaired) electrons. The van der Waals surface area contributed by atoms with Crippen molar-refractivity contribution >= 4 is 5.97 Å². The number of hydrogen-bond acceptors (Lipinski definition) is 2. The molecule has 0 bridgehead atoms. The van der Waals surface area contributed by atoms with E-state index in [1.54, 1.807) is 0 Å². The number of carboxylic acids is 1. The van der Waals surface area contributed by atoms with Gasteiger partial charge in [0, 0.05) is 0 Å². The number of ether oxygens (including phenoxy) is 1. The first-order valence-electron chi connectivity index (χ1n) is 5.59. The molecule has 16 heavy (non-hydrogen) atoms. The molecule has 0 aliphatic carbocycles. The summed E-state index contributed by atoms with van der Waals surface area (Å²) in [5.41, 5.74) is 1.27. The molecule has 3 heteroatoms. The van der Waals surface area contributed by atoms with Gasteiger partial charge in [-0.05, 0) is 17.5 Å². The van der Waals surface area contributed by atoms with Gasteiger partial charge >= 0.3 is 5.97 Å². The van der Waals surface area contributed by atoms with Crippen molar-refractivity contribution in [3.63, 3.8) is 0 Å². The third-order valence-corrected chi connectivity index (χ3v) is 3.12. The molecule has 3 nitrogen and oxygen atoms in total. The number of aliphatic carboxylic acids is 1. The van der Waals surface area contributed by atoms with Crippen molar-refractivity contribution < 1.29 is 14.6 Å². The molecule has 1 aliphatic heterocycles. The van der Waals surface area contributed by atoms with Crippen molar-refractivity contribution in [2.24, 2.45) is 0 Å². The number of rotatable bonds is 4. The van der Waals surface area contributed by atoms with Gasteiger partial charge in [0.15, 0.2) is 0 Å². The van der Waals surface area contributed by atoms with Crippen LogP contribution in [0.4, 0.5) is 0 Å². The van der Waals surface area contributed by atoms with Crippen molar-refractivity contribution in [3.05, 3.63) is 35.4 Å². The average Bonchev–Trinajstić information content (AvgIpc) is 2.16. The molecule has 0 spiro atoms. The SMILES string of the molecule is CCCc1cccc(C2(C(=O)O)COC2)c1. The van der Waals surface area contributed by atoms with Crippen LogP contribution < -0.4 is 0 Å². The first kappa shape index (κ1) is 11.1. The summed E-state index contributed by atoms with van der Waals surface area (Å²) in [6, 6.07) is 7.86. The van der Waals surface area contributed by atoms with Gasteiger partial charge in [-0.1, -0.05) is 37.6 Å². The van der Waals surface area contributed by atoms with E-state index in [1.807, 2.05) is 24.3 Å². The summed E-state index contributed by atoms with van der Waals surface area (Å²) in [4.78, 5) is 11.3. The Morgan fingerprint density at radius 2 is 2.25 bits per heavy atom. The van der Waals surface area contributed by atoms with Crippen LogP contribution >= 0.6 is 0 Å². The van der Waals surface area contributed by atoms with Crippen molar-refractivity contribution in [2.45, 2.75) is 25.2 Å². The zero-order valence-corrected chi connectivity index (χ0v) is 9.40. The standard InChI is InChI=1S/C13H16O3/c1-2-4-10-5-3-6-11(7-10)13(12(14)15)8-16-9-13/h3,5-7H,2,4,8-9H2,1H3,(H,14,15). The lowest BCUT2D eigenvalue weighted by atomic mass is 9.78. The molecule has 0 aromatic heterocycles. The minimum absolute atomic E-state index is 0.290. The lowest BCUT2D eigenvalue weighted by Gasteiger charge is -2.37.